The Labute approximate surface area is 164 Å². The van der Waals surface area contributed by atoms with Gasteiger partial charge in [0.1, 0.15) is 6.54 Å². The van der Waals surface area contributed by atoms with Crippen LogP contribution in [0.1, 0.15) is 31.9 Å². The van der Waals surface area contributed by atoms with Crippen LogP contribution in [-0.4, -0.2) is 40.5 Å². The molecular weight excluding hydrogens is 360 g/mol. The summed E-state index contributed by atoms with van der Waals surface area (Å²) in [4.78, 5) is 23.4. The number of esters is 2. The van der Waals surface area contributed by atoms with E-state index in [1.807, 2.05) is 26.0 Å². The summed E-state index contributed by atoms with van der Waals surface area (Å²) in [6.45, 7) is 7.97. The van der Waals surface area contributed by atoms with E-state index in [1.165, 1.54) is 11.8 Å². The van der Waals surface area contributed by atoms with Crippen molar-refractivity contribution < 1.29 is 24.2 Å². The van der Waals surface area contributed by atoms with E-state index < -0.39 is 12.1 Å². The largest absolute Gasteiger partial charge is 0.466 e. The van der Waals surface area contributed by atoms with Gasteiger partial charge in [0.2, 0.25) is 0 Å². The van der Waals surface area contributed by atoms with Crippen LogP contribution in [0.4, 0.5) is 0 Å². The van der Waals surface area contributed by atoms with E-state index >= 15 is 0 Å². The fraction of sp³-hybridized carbons (Fsp3) is 0.381. The number of methoxy groups -OCH3 is 1. The zero-order valence-electron chi connectivity index (χ0n) is 16.4. The second-order valence-corrected chi connectivity index (χ2v) is 6.91. The summed E-state index contributed by atoms with van der Waals surface area (Å²) in [5.41, 5.74) is 2.33. The van der Waals surface area contributed by atoms with Gasteiger partial charge in [-0.3, -0.25) is 9.48 Å². The minimum absolute atomic E-state index is 0.0105. The van der Waals surface area contributed by atoms with E-state index in [0.29, 0.717) is 12.2 Å². The van der Waals surface area contributed by atoms with E-state index in [1.54, 1.807) is 24.5 Å². The van der Waals surface area contributed by atoms with Crippen molar-refractivity contribution in [3.05, 3.63) is 54.4 Å². The lowest BCUT2D eigenvalue weighted by Crippen LogP contribution is -2.16. The lowest BCUT2D eigenvalue weighted by atomic mass is 9.95. The van der Waals surface area contributed by atoms with Crippen molar-refractivity contribution in [2.45, 2.75) is 32.9 Å². The van der Waals surface area contributed by atoms with Crippen LogP contribution in [0.15, 0.2) is 48.8 Å². The fourth-order valence-corrected chi connectivity index (χ4v) is 2.65. The van der Waals surface area contributed by atoms with Crippen LogP contribution in [0.2, 0.25) is 0 Å². The summed E-state index contributed by atoms with van der Waals surface area (Å²) in [5.74, 6) is -0.638. The van der Waals surface area contributed by atoms with E-state index in [0.717, 1.165) is 11.1 Å². The summed E-state index contributed by atoms with van der Waals surface area (Å²) in [6.07, 6.45) is 2.47. The van der Waals surface area contributed by atoms with Crippen molar-refractivity contribution in [3.8, 4) is 11.1 Å². The maximum atomic E-state index is 11.9. The normalized spacial score (nSPS) is 11.9. The van der Waals surface area contributed by atoms with Crippen LogP contribution >= 0.6 is 0 Å². The third-order valence-corrected chi connectivity index (χ3v) is 4.05. The second kappa shape index (κ2) is 9.85. The number of aliphatic hydroxyl groups excluding tert-OH is 1. The molecule has 1 N–H and O–H groups in total. The Kier molecular flexibility index (Phi) is 7.52. The van der Waals surface area contributed by atoms with Crippen LogP contribution in [-0.2, 0) is 25.6 Å². The van der Waals surface area contributed by atoms with Gasteiger partial charge in [-0.25, -0.2) is 4.79 Å². The summed E-state index contributed by atoms with van der Waals surface area (Å²) >= 11 is 0. The van der Waals surface area contributed by atoms with Crippen molar-refractivity contribution in [1.82, 2.24) is 9.78 Å². The lowest BCUT2D eigenvalue weighted by Gasteiger charge is -2.15. The highest BCUT2D eigenvalue weighted by Crippen LogP contribution is 2.31. The molecule has 0 bridgehead atoms. The van der Waals surface area contributed by atoms with Gasteiger partial charge in [-0.2, -0.15) is 5.10 Å². The number of rotatable bonds is 9. The van der Waals surface area contributed by atoms with E-state index in [9.17, 15) is 14.7 Å². The van der Waals surface area contributed by atoms with Crippen LogP contribution in [0.3, 0.4) is 0 Å². The molecular formula is C21H26N2O5. The first kappa shape index (κ1) is 21.4. The minimum Gasteiger partial charge on any atom is -0.466 e. The number of ether oxygens (including phenoxy) is 2. The number of aromatic nitrogens is 2. The molecule has 2 aromatic rings. The van der Waals surface area contributed by atoms with Crippen LogP contribution in [0.5, 0.6) is 0 Å². The number of nitrogens with zero attached hydrogens (tertiary/aromatic N) is 2. The molecule has 1 heterocycles. The topological polar surface area (TPSA) is 90.7 Å². The van der Waals surface area contributed by atoms with Gasteiger partial charge >= 0.3 is 11.9 Å². The number of aliphatic hydroxyl groups is 1. The number of carbonyl (C=O) groups excluding carboxylic acids is 2. The number of carbonyl (C=O) groups is 2. The first-order valence-corrected chi connectivity index (χ1v) is 9.03. The third kappa shape index (κ3) is 5.79. The average molecular weight is 386 g/mol. The molecule has 0 aliphatic rings. The van der Waals surface area contributed by atoms with Gasteiger partial charge in [-0.1, -0.05) is 44.7 Å². The molecule has 0 spiro atoms. The van der Waals surface area contributed by atoms with Gasteiger partial charge < -0.3 is 14.6 Å². The van der Waals surface area contributed by atoms with Crippen LogP contribution in [0, 0.1) is 5.92 Å². The summed E-state index contributed by atoms with van der Waals surface area (Å²) < 4.78 is 11.3. The SMILES string of the molecule is C=C(CC(O)c1ccccc1-c1cnn(CC(=O)OCC(C)C)c1)C(=O)OC. The zero-order chi connectivity index (χ0) is 20.7. The fourth-order valence-electron chi connectivity index (χ4n) is 2.65. The summed E-state index contributed by atoms with van der Waals surface area (Å²) in [7, 11) is 1.27. The smallest absolute Gasteiger partial charge is 0.333 e. The van der Waals surface area contributed by atoms with Gasteiger partial charge in [0.25, 0.3) is 0 Å². The number of benzene rings is 1. The van der Waals surface area contributed by atoms with Gasteiger partial charge in [-0.05, 0) is 17.0 Å². The highest BCUT2D eigenvalue weighted by molar-refractivity contribution is 5.87. The predicted octanol–water partition coefficient (Wildman–Crippen LogP) is 2.90. The molecule has 0 fully saturated rings. The molecule has 7 heteroatoms. The van der Waals surface area contributed by atoms with Gasteiger partial charge in [0, 0.05) is 23.8 Å². The minimum atomic E-state index is -0.929. The van der Waals surface area contributed by atoms with E-state index in [4.69, 9.17) is 4.74 Å². The van der Waals surface area contributed by atoms with E-state index in [-0.39, 0.29) is 30.4 Å². The summed E-state index contributed by atoms with van der Waals surface area (Å²) in [5, 5.41) is 14.8. The lowest BCUT2D eigenvalue weighted by molar-refractivity contribution is -0.145. The second-order valence-electron chi connectivity index (χ2n) is 6.91. The molecule has 0 radical (unpaired) electrons. The van der Waals surface area contributed by atoms with Crippen molar-refractivity contribution in [2.24, 2.45) is 5.92 Å². The van der Waals surface area contributed by atoms with Gasteiger partial charge in [0.05, 0.1) is 26.0 Å². The van der Waals surface area contributed by atoms with Crippen LogP contribution < -0.4 is 0 Å². The van der Waals surface area contributed by atoms with Crippen molar-refractivity contribution >= 4 is 11.9 Å². The Balaban J connectivity index is 2.14. The molecule has 1 atom stereocenters. The molecule has 1 aromatic heterocycles. The molecule has 0 saturated carbocycles. The Morgan fingerprint density at radius 3 is 2.68 bits per heavy atom. The first-order valence-electron chi connectivity index (χ1n) is 9.03. The Morgan fingerprint density at radius 2 is 2.00 bits per heavy atom. The monoisotopic (exact) mass is 386 g/mol. The molecule has 2 rings (SSSR count). The maximum absolute atomic E-state index is 11.9. The number of hydrogen-bond acceptors (Lipinski definition) is 6. The quantitative estimate of drug-likeness (QED) is 0.526. The standard InChI is InChI=1S/C21H26N2O5/c1-14(2)13-28-20(25)12-23-11-16(10-22-23)17-7-5-6-8-18(17)19(24)9-15(3)21(26)27-4/h5-8,10-11,14,19,24H,3,9,12-13H2,1-2,4H3. The molecule has 0 saturated heterocycles. The third-order valence-electron chi connectivity index (χ3n) is 4.05. The van der Waals surface area contributed by atoms with Crippen molar-refractivity contribution in [2.75, 3.05) is 13.7 Å². The Morgan fingerprint density at radius 1 is 1.29 bits per heavy atom. The van der Waals surface area contributed by atoms with E-state index in [2.05, 4.69) is 16.4 Å². The molecule has 1 aromatic carbocycles. The van der Waals surface area contributed by atoms with Gasteiger partial charge in [-0.15, -0.1) is 0 Å². The molecule has 1 unspecified atom stereocenters. The molecule has 0 amide bonds. The highest BCUT2D eigenvalue weighted by Gasteiger charge is 2.19. The Bertz CT molecular complexity index is 841. The summed E-state index contributed by atoms with van der Waals surface area (Å²) in [6, 6.07) is 7.27. The molecule has 7 nitrogen and oxygen atoms in total. The number of hydrogen-bond donors (Lipinski definition) is 1. The maximum Gasteiger partial charge on any atom is 0.333 e. The highest BCUT2D eigenvalue weighted by atomic mass is 16.5. The van der Waals surface area contributed by atoms with Crippen molar-refractivity contribution in [1.29, 1.82) is 0 Å². The first-order chi connectivity index (χ1) is 13.3. The zero-order valence-corrected chi connectivity index (χ0v) is 16.4. The Hall–Kier alpha value is -2.93. The van der Waals surface area contributed by atoms with Gasteiger partial charge in [0.15, 0.2) is 0 Å². The predicted molar refractivity (Wildman–Crippen MR) is 104 cm³/mol. The molecule has 28 heavy (non-hydrogen) atoms. The molecule has 0 aliphatic heterocycles. The van der Waals surface area contributed by atoms with Crippen LogP contribution in [0.25, 0.3) is 11.1 Å². The average Bonchev–Trinajstić information content (AvgIpc) is 3.13. The van der Waals surface area contributed by atoms with Crippen molar-refractivity contribution in [3.63, 3.8) is 0 Å². The molecule has 150 valence electrons. The molecule has 0 aliphatic carbocycles.